The van der Waals surface area contributed by atoms with E-state index < -0.39 is 10.7 Å². The summed E-state index contributed by atoms with van der Waals surface area (Å²) in [5.74, 6) is -0.135. The number of nitro benzene ring substituents is 1. The number of anilines is 1. The van der Waals surface area contributed by atoms with Crippen LogP contribution < -0.4 is 5.32 Å². The number of nitrogens with zero attached hydrogens (tertiary/aromatic N) is 2. The highest BCUT2D eigenvalue weighted by molar-refractivity contribution is 6.31. The molecule has 0 radical (unpaired) electrons. The topological polar surface area (TPSA) is 83.8 Å². The van der Waals surface area contributed by atoms with Crippen molar-refractivity contribution >= 4 is 23.0 Å². The Hall–Kier alpha value is -2.15. The van der Waals surface area contributed by atoms with Gasteiger partial charge in [-0.05, 0) is 0 Å². The summed E-state index contributed by atoms with van der Waals surface area (Å²) >= 11 is 5.50. The van der Waals surface area contributed by atoms with Crippen LogP contribution in [0.1, 0.15) is 5.82 Å². The maximum Gasteiger partial charge on any atom is 0.294 e. The first kappa shape index (κ1) is 12.3. The lowest BCUT2D eigenvalue weighted by molar-refractivity contribution is -0.384. The molecule has 1 heterocycles. The molecule has 0 aliphatic heterocycles. The Labute approximate surface area is 106 Å². The number of aromatic nitrogens is 2. The smallest absolute Gasteiger partial charge is 0.294 e. The predicted molar refractivity (Wildman–Crippen MR) is 64.0 cm³/mol. The van der Waals surface area contributed by atoms with Gasteiger partial charge in [-0.25, -0.2) is 9.37 Å². The molecule has 0 unspecified atom stereocenters. The molecule has 6 nitrogen and oxygen atoms in total. The van der Waals surface area contributed by atoms with E-state index >= 15 is 0 Å². The highest BCUT2D eigenvalue weighted by atomic mass is 35.5. The Morgan fingerprint density at radius 3 is 2.94 bits per heavy atom. The van der Waals surface area contributed by atoms with E-state index in [1.807, 2.05) is 0 Å². The van der Waals surface area contributed by atoms with Gasteiger partial charge < -0.3 is 10.3 Å². The van der Waals surface area contributed by atoms with E-state index in [1.165, 1.54) is 0 Å². The van der Waals surface area contributed by atoms with Crippen LogP contribution >= 0.6 is 11.6 Å². The van der Waals surface area contributed by atoms with Crippen molar-refractivity contribution in [3.05, 3.63) is 51.3 Å². The van der Waals surface area contributed by atoms with Gasteiger partial charge in [-0.3, -0.25) is 10.1 Å². The molecule has 94 valence electrons. The number of aromatic amines is 1. The van der Waals surface area contributed by atoms with Crippen molar-refractivity contribution in [1.29, 1.82) is 0 Å². The maximum absolute atomic E-state index is 13.3. The summed E-state index contributed by atoms with van der Waals surface area (Å²) in [6, 6.07) is 1.96. The van der Waals surface area contributed by atoms with Crippen LogP contribution in [0.25, 0.3) is 0 Å². The third-order valence-corrected chi connectivity index (χ3v) is 2.53. The minimum atomic E-state index is -0.718. The molecule has 0 saturated heterocycles. The fraction of sp³-hybridized carbons (Fsp3) is 0.100. The number of benzene rings is 1. The van der Waals surface area contributed by atoms with Gasteiger partial charge in [-0.1, -0.05) is 11.6 Å². The third kappa shape index (κ3) is 2.57. The van der Waals surface area contributed by atoms with Gasteiger partial charge in [0.1, 0.15) is 17.3 Å². The van der Waals surface area contributed by atoms with Crippen LogP contribution in [-0.4, -0.2) is 14.9 Å². The van der Waals surface area contributed by atoms with E-state index in [9.17, 15) is 14.5 Å². The SMILES string of the molecule is O=[N+]([O-])c1cc(Cl)c(F)cc1NCc1ncc[nH]1. The molecule has 0 fully saturated rings. The van der Waals surface area contributed by atoms with Crippen molar-refractivity contribution in [2.24, 2.45) is 0 Å². The van der Waals surface area contributed by atoms with E-state index in [2.05, 4.69) is 15.3 Å². The third-order valence-electron chi connectivity index (χ3n) is 2.24. The standard InChI is InChI=1S/C10H8ClFN4O2/c11-6-3-9(16(17)18)8(4-7(6)12)15-5-10-13-1-2-14-10/h1-4,15H,5H2,(H,13,14). The number of imidazole rings is 1. The van der Waals surface area contributed by atoms with Gasteiger partial charge in [0.05, 0.1) is 16.5 Å². The average Bonchev–Trinajstić information content (AvgIpc) is 2.83. The molecule has 2 rings (SSSR count). The molecule has 0 aliphatic rings. The summed E-state index contributed by atoms with van der Waals surface area (Å²) < 4.78 is 13.3. The molecule has 2 N–H and O–H groups in total. The van der Waals surface area contributed by atoms with Gasteiger partial charge in [0.2, 0.25) is 0 Å². The summed E-state index contributed by atoms with van der Waals surface area (Å²) in [4.78, 5) is 16.9. The fourth-order valence-electron chi connectivity index (χ4n) is 1.40. The zero-order chi connectivity index (χ0) is 13.1. The molecule has 0 atom stereocenters. The first-order valence-corrected chi connectivity index (χ1v) is 5.31. The number of nitrogens with one attached hydrogen (secondary N) is 2. The summed E-state index contributed by atoms with van der Waals surface area (Å²) in [7, 11) is 0. The second-order valence-corrected chi connectivity index (χ2v) is 3.84. The number of halogens is 2. The van der Waals surface area contributed by atoms with Crippen LogP contribution in [-0.2, 0) is 6.54 Å². The quantitative estimate of drug-likeness (QED) is 0.661. The van der Waals surface area contributed by atoms with Crippen LogP contribution in [0.2, 0.25) is 5.02 Å². The lowest BCUT2D eigenvalue weighted by atomic mass is 10.2. The zero-order valence-electron chi connectivity index (χ0n) is 8.98. The van der Waals surface area contributed by atoms with Crippen LogP contribution in [0.4, 0.5) is 15.8 Å². The summed E-state index contributed by atoms with van der Waals surface area (Å²) in [5, 5.41) is 13.3. The van der Waals surface area contributed by atoms with Crippen LogP contribution in [0.5, 0.6) is 0 Å². The van der Waals surface area contributed by atoms with E-state index in [1.54, 1.807) is 12.4 Å². The van der Waals surface area contributed by atoms with Crippen molar-refractivity contribution in [2.45, 2.75) is 6.54 Å². The molecular weight excluding hydrogens is 263 g/mol. The first-order chi connectivity index (χ1) is 8.58. The van der Waals surface area contributed by atoms with E-state index in [0.717, 1.165) is 12.1 Å². The van der Waals surface area contributed by atoms with Crippen molar-refractivity contribution < 1.29 is 9.31 Å². The molecule has 0 aliphatic carbocycles. The normalized spacial score (nSPS) is 10.3. The molecule has 18 heavy (non-hydrogen) atoms. The first-order valence-electron chi connectivity index (χ1n) is 4.93. The highest BCUT2D eigenvalue weighted by Crippen LogP contribution is 2.30. The largest absolute Gasteiger partial charge is 0.372 e. The Bertz CT molecular complexity index is 574. The number of nitro groups is 1. The monoisotopic (exact) mass is 270 g/mol. The number of rotatable bonds is 4. The fourth-order valence-corrected chi connectivity index (χ4v) is 1.56. The lowest BCUT2D eigenvalue weighted by Gasteiger charge is -2.06. The van der Waals surface area contributed by atoms with E-state index in [0.29, 0.717) is 5.82 Å². The van der Waals surface area contributed by atoms with Crippen LogP contribution in [0.15, 0.2) is 24.5 Å². The van der Waals surface area contributed by atoms with Crippen molar-refractivity contribution in [3.63, 3.8) is 0 Å². The van der Waals surface area contributed by atoms with Gasteiger partial charge in [0, 0.05) is 24.5 Å². The van der Waals surface area contributed by atoms with Crippen molar-refractivity contribution in [2.75, 3.05) is 5.32 Å². The molecule has 0 amide bonds. The maximum atomic E-state index is 13.3. The average molecular weight is 271 g/mol. The van der Waals surface area contributed by atoms with Crippen LogP contribution in [0.3, 0.4) is 0 Å². The van der Waals surface area contributed by atoms with Gasteiger partial charge in [-0.15, -0.1) is 0 Å². The second-order valence-electron chi connectivity index (χ2n) is 3.43. The zero-order valence-corrected chi connectivity index (χ0v) is 9.74. The van der Waals surface area contributed by atoms with Crippen molar-refractivity contribution in [1.82, 2.24) is 9.97 Å². The second kappa shape index (κ2) is 5.01. The molecule has 1 aromatic heterocycles. The lowest BCUT2D eigenvalue weighted by Crippen LogP contribution is -2.04. The molecule has 1 aromatic carbocycles. The van der Waals surface area contributed by atoms with Gasteiger partial charge in [-0.2, -0.15) is 0 Å². The number of hydrogen-bond acceptors (Lipinski definition) is 4. The number of hydrogen-bond donors (Lipinski definition) is 2. The molecular formula is C10H8ClFN4O2. The van der Waals surface area contributed by atoms with Gasteiger partial charge in [0.15, 0.2) is 0 Å². The number of H-pyrrole nitrogens is 1. The molecule has 8 heteroatoms. The minimum absolute atomic E-state index is 0.0540. The Balaban J connectivity index is 2.25. The minimum Gasteiger partial charge on any atom is -0.372 e. The summed E-state index contributed by atoms with van der Waals surface area (Å²) in [5.41, 5.74) is -0.230. The molecule has 0 bridgehead atoms. The summed E-state index contributed by atoms with van der Waals surface area (Å²) in [6.07, 6.45) is 3.17. The summed E-state index contributed by atoms with van der Waals surface area (Å²) in [6.45, 7) is 0.217. The Morgan fingerprint density at radius 2 is 2.33 bits per heavy atom. The van der Waals surface area contributed by atoms with E-state index in [4.69, 9.17) is 11.6 Å². The van der Waals surface area contributed by atoms with Crippen molar-refractivity contribution in [3.8, 4) is 0 Å². The molecule has 0 spiro atoms. The van der Waals surface area contributed by atoms with E-state index in [-0.39, 0.29) is 22.9 Å². The molecule has 0 saturated carbocycles. The van der Waals surface area contributed by atoms with Crippen LogP contribution in [0, 0.1) is 15.9 Å². The Kier molecular flexibility index (Phi) is 3.42. The molecule has 2 aromatic rings. The highest BCUT2D eigenvalue weighted by Gasteiger charge is 2.17. The van der Waals surface area contributed by atoms with Gasteiger partial charge >= 0.3 is 0 Å². The predicted octanol–water partition coefficient (Wildman–Crippen LogP) is 2.72. The van der Waals surface area contributed by atoms with Gasteiger partial charge in [0.25, 0.3) is 5.69 Å². The Morgan fingerprint density at radius 1 is 1.56 bits per heavy atom.